The molecule has 2 rings (SSSR count). The van der Waals surface area contributed by atoms with Gasteiger partial charge in [-0.2, -0.15) is 0 Å². The van der Waals surface area contributed by atoms with E-state index in [4.69, 9.17) is 0 Å². The second-order valence-electron chi connectivity index (χ2n) is 3.61. The highest BCUT2D eigenvalue weighted by atomic mass is 32.1. The summed E-state index contributed by atoms with van der Waals surface area (Å²) in [6.45, 7) is 0.753. The zero-order chi connectivity index (χ0) is 10.7. The molecule has 6 heteroatoms. The van der Waals surface area contributed by atoms with Gasteiger partial charge in [0.15, 0.2) is 0 Å². The van der Waals surface area contributed by atoms with Crippen LogP contribution in [0.1, 0.15) is 18.5 Å². The molecule has 1 fully saturated rings. The molecular formula is C9H13N3O2S. The molecule has 15 heavy (non-hydrogen) atoms. The normalized spacial score (nSPS) is 15.2. The molecule has 1 heterocycles. The number of H-pyrrole nitrogens is 1. The van der Waals surface area contributed by atoms with Crippen molar-refractivity contribution in [3.05, 3.63) is 20.7 Å². The summed E-state index contributed by atoms with van der Waals surface area (Å²) in [4.78, 5) is 24.6. The molecule has 0 spiro atoms. The Labute approximate surface area is 90.9 Å². The van der Waals surface area contributed by atoms with Crippen molar-refractivity contribution >= 4 is 17.2 Å². The highest BCUT2D eigenvalue weighted by Gasteiger charge is 2.20. The number of carbonyl (C=O) groups is 1. The second-order valence-corrected chi connectivity index (χ2v) is 4.45. The number of aromatic nitrogens is 1. The average molecular weight is 227 g/mol. The molecule has 0 aromatic carbocycles. The van der Waals surface area contributed by atoms with E-state index in [9.17, 15) is 9.59 Å². The number of hydrogen-bond donors (Lipinski definition) is 3. The van der Waals surface area contributed by atoms with Gasteiger partial charge in [-0.25, -0.2) is 0 Å². The Morgan fingerprint density at radius 1 is 1.60 bits per heavy atom. The Bertz CT molecular complexity index is 394. The van der Waals surface area contributed by atoms with E-state index in [1.807, 2.05) is 0 Å². The Balaban J connectivity index is 1.67. The van der Waals surface area contributed by atoms with Crippen molar-refractivity contribution in [2.45, 2.75) is 25.4 Å². The molecule has 0 bridgehead atoms. The first-order valence-corrected chi connectivity index (χ1v) is 5.79. The fourth-order valence-corrected chi connectivity index (χ4v) is 1.76. The van der Waals surface area contributed by atoms with Crippen LogP contribution in [0.15, 0.2) is 10.2 Å². The fraction of sp³-hybridized carbons (Fsp3) is 0.556. The minimum absolute atomic E-state index is 0.0334. The molecule has 1 saturated carbocycles. The average Bonchev–Trinajstić information content (AvgIpc) is 2.95. The van der Waals surface area contributed by atoms with Gasteiger partial charge in [-0.3, -0.25) is 9.59 Å². The molecule has 1 aliphatic rings. The summed E-state index contributed by atoms with van der Waals surface area (Å²) >= 11 is 1.11. The highest BCUT2D eigenvalue weighted by Crippen LogP contribution is 2.17. The number of nitrogens with one attached hydrogen (secondary N) is 3. The van der Waals surface area contributed by atoms with E-state index in [0.717, 1.165) is 17.0 Å². The lowest BCUT2D eigenvalue weighted by atomic mass is 10.4. The van der Waals surface area contributed by atoms with Gasteiger partial charge in [0.2, 0.25) is 5.91 Å². The smallest absolute Gasteiger partial charge is 0.304 e. The third kappa shape index (κ3) is 3.49. The van der Waals surface area contributed by atoms with Gasteiger partial charge in [0.25, 0.3) is 0 Å². The second kappa shape index (κ2) is 4.59. The summed E-state index contributed by atoms with van der Waals surface area (Å²) in [6.07, 6.45) is 2.34. The lowest BCUT2D eigenvalue weighted by Crippen LogP contribution is -2.34. The van der Waals surface area contributed by atoms with Crippen molar-refractivity contribution in [2.75, 3.05) is 6.54 Å². The van der Waals surface area contributed by atoms with E-state index in [1.165, 1.54) is 12.8 Å². The van der Waals surface area contributed by atoms with Crippen molar-refractivity contribution in [1.82, 2.24) is 15.6 Å². The zero-order valence-electron chi connectivity index (χ0n) is 8.21. The predicted octanol–water partition coefficient (Wildman–Crippen LogP) is -0.195. The number of carbonyl (C=O) groups excluding carboxylic acids is 1. The van der Waals surface area contributed by atoms with Gasteiger partial charge in [0.05, 0.1) is 13.1 Å². The van der Waals surface area contributed by atoms with Gasteiger partial charge < -0.3 is 15.6 Å². The predicted molar refractivity (Wildman–Crippen MR) is 57.8 cm³/mol. The fourth-order valence-electron chi connectivity index (χ4n) is 1.18. The van der Waals surface area contributed by atoms with Crippen molar-refractivity contribution < 1.29 is 4.79 Å². The van der Waals surface area contributed by atoms with E-state index in [-0.39, 0.29) is 10.8 Å². The van der Waals surface area contributed by atoms with Gasteiger partial charge in [0, 0.05) is 17.1 Å². The van der Waals surface area contributed by atoms with Crippen LogP contribution < -0.4 is 15.5 Å². The van der Waals surface area contributed by atoms with Crippen molar-refractivity contribution in [3.8, 4) is 0 Å². The summed E-state index contributed by atoms with van der Waals surface area (Å²) in [5.74, 6) is -0.0334. The molecule has 1 aromatic heterocycles. The topological polar surface area (TPSA) is 74.0 Å². The number of amides is 1. The van der Waals surface area contributed by atoms with E-state index in [0.29, 0.717) is 19.1 Å². The monoisotopic (exact) mass is 227 g/mol. The summed E-state index contributed by atoms with van der Waals surface area (Å²) in [5.41, 5.74) is 0.754. The summed E-state index contributed by atoms with van der Waals surface area (Å²) < 4.78 is 0. The standard InChI is InChI=1S/C9H13N3O2S/c13-8(4-10-6-1-2-6)11-3-7-5-15-9(14)12-7/h5-6,10H,1-4H2,(H,11,13)(H,12,14). The van der Waals surface area contributed by atoms with E-state index in [2.05, 4.69) is 15.6 Å². The molecule has 5 nitrogen and oxygen atoms in total. The van der Waals surface area contributed by atoms with E-state index >= 15 is 0 Å². The van der Waals surface area contributed by atoms with Gasteiger partial charge in [0.1, 0.15) is 0 Å². The summed E-state index contributed by atoms with van der Waals surface area (Å²) in [5, 5.41) is 7.57. The molecular weight excluding hydrogens is 214 g/mol. The van der Waals surface area contributed by atoms with Gasteiger partial charge in [-0.05, 0) is 12.8 Å². The van der Waals surface area contributed by atoms with Crippen LogP contribution in [0.3, 0.4) is 0 Å². The molecule has 3 N–H and O–H groups in total. The molecule has 1 aliphatic carbocycles. The number of thiazole rings is 1. The first-order chi connectivity index (χ1) is 7.24. The summed E-state index contributed by atoms with van der Waals surface area (Å²) in [7, 11) is 0. The Kier molecular flexibility index (Phi) is 3.17. The first kappa shape index (κ1) is 10.4. The lowest BCUT2D eigenvalue weighted by molar-refractivity contribution is -0.120. The third-order valence-corrected chi connectivity index (χ3v) is 2.89. The van der Waals surface area contributed by atoms with Crippen molar-refractivity contribution in [2.24, 2.45) is 0 Å². The lowest BCUT2D eigenvalue weighted by Gasteiger charge is -2.03. The van der Waals surface area contributed by atoms with E-state index < -0.39 is 0 Å². The molecule has 1 aromatic rings. The van der Waals surface area contributed by atoms with Crippen LogP contribution in [0.5, 0.6) is 0 Å². The molecule has 1 amide bonds. The molecule has 0 radical (unpaired) electrons. The molecule has 0 aliphatic heterocycles. The van der Waals surface area contributed by atoms with Crippen LogP contribution in [0.4, 0.5) is 0 Å². The van der Waals surface area contributed by atoms with Crippen LogP contribution in [0, 0.1) is 0 Å². The maximum Gasteiger partial charge on any atom is 0.304 e. The van der Waals surface area contributed by atoms with Crippen molar-refractivity contribution in [1.29, 1.82) is 0 Å². The first-order valence-electron chi connectivity index (χ1n) is 4.91. The third-order valence-electron chi connectivity index (χ3n) is 2.18. The quantitative estimate of drug-likeness (QED) is 0.652. The maximum absolute atomic E-state index is 11.3. The number of hydrogen-bond acceptors (Lipinski definition) is 4. The van der Waals surface area contributed by atoms with Crippen molar-refractivity contribution in [3.63, 3.8) is 0 Å². The molecule has 0 unspecified atom stereocenters. The highest BCUT2D eigenvalue weighted by molar-refractivity contribution is 7.07. The largest absolute Gasteiger partial charge is 0.349 e. The van der Waals surface area contributed by atoms with Gasteiger partial charge in [-0.1, -0.05) is 11.3 Å². The van der Waals surface area contributed by atoms with E-state index in [1.54, 1.807) is 5.38 Å². The zero-order valence-corrected chi connectivity index (χ0v) is 9.02. The number of rotatable bonds is 5. The van der Waals surface area contributed by atoms with Gasteiger partial charge in [-0.15, -0.1) is 0 Å². The van der Waals surface area contributed by atoms with Crippen LogP contribution in [0.2, 0.25) is 0 Å². The Morgan fingerprint density at radius 2 is 2.40 bits per heavy atom. The maximum atomic E-state index is 11.3. The van der Waals surface area contributed by atoms with Crippen LogP contribution in [-0.4, -0.2) is 23.5 Å². The molecule has 0 atom stereocenters. The van der Waals surface area contributed by atoms with Crippen LogP contribution in [-0.2, 0) is 11.3 Å². The molecule has 82 valence electrons. The SMILES string of the molecule is O=C(CNC1CC1)NCc1csc(=O)[nH]1. The minimum atomic E-state index is -0.0876. The van der Waals surface area contributed by atoms with Gasteiger partial charge >= 0.3 is 4.87 Å². The molecule has 0 saturated heterocycles. The Morgan fingerprint density at radius 3 is 3.00 bits per heavy atom. The van der Waals surface area contributed by atoms with Crippen LogP contribution >= 0.6 is 11.3 Å². The summed E-state index contributed by atoms with van der Waals surface area (Å²) in [6, 6.07) is 0.539. The Hall–Kier alpha value is -1.14. The van der Waals surface area contributed by atoms with Crippen LogP contribution in [0.25, 0.3) is 0 Å². The minimum Gasteiger partial charge on any atom is -0.349 e. The number of aromatic amines is 1.